The van der Waals surface area contributed by atoms with Crippen LogP contribution in [0.3, 0.4) is 0 Å². The number of sulfonamides is 1. The maximum absolute atomic E-state index is 11.0. The van der Waals surface area contributed by atoms with Crippen molar-refractivity contribution in [3.8, 4) is 0 Å². The molecule has 2 amide bonds. The van der Waals surface area contributed by atoms with E-state index in [2.05, 4.69) is 10.6 Å². The predicted octanol–water partition coefficient (Wildman–Crippen LogP) is 2.48. The lowest BCUT2D eigenvalue weighted by Gasteiger charge is -2.07. The van der Waals surface area contributed by atoms with E-state index >= 15 is 0 Å². The van der Waals surface area contributed by atoms with Gasteiger partial charge in [-0.15, -0.1) is 0 Å². The molecule has 2 rings (SSSR count). The topological polar surface area (TPSA) is 152 Å². The second kappa shape index (κ2) is 10.0. The zero-order chi connectivity index (χ0) is 23.3. The number of amides is 2. The van der Waals surface area contributed by atoms with Gasteiger partial charge in [0.15, 0.2) is 0 Å². The molecule has 0 spiro atoms. The molecule has 0 bridgehead atoms. The molecule has 9 nitrogen and oxygen atoms in total. The summed E-state index contributed by atoms with van der Waals surface area (Å²) in [5.74, 6) is -0.416. The average Bonchev–Trinajstić information content (AvgIpc) is 2.56. The predicted molar refractivity (Wildman–Crippen MR) is 115 cm³/mol. The summed E-state index contributed by atoms with van der Waals surface area (Å²) in [6.07, 6.45) is 0. The van der Waals surface area contributed by atoms with Gasteiger partial charge in [0.1, 0.15) is 0 Å². The molecule has 12 heteroatoms. The maximum Gasteiger partial charge on any atom is 0.261 e. The molecule has 0 saturated carbocycles. The van der Waals surface area contributed by atoms with Crippen LogP contribution in [0.25, 0.3) is 0 Å². The first-order valence-corrected chi connectivity index (χ1v) is 12.2. The first kappa shape index (κ1) is 25.6. The molecule has 0 heterocycles. The number of nitrogens with two attached hydrogens (primary N) is 1. The van der Waals surface area contributed by atoms with Crippen molar-refractivity contribution in [1.82, 2.24) is 0 Å². The van der Waals surface area contributed by atoms with Gasteiger partial charge in [0, 0.05) is 35.9 Å². The monoisotopic (exact) mass is 475 g/mol. The Morgan fingerprint density at radius 2 is 1.17 bits per heavy atom. The highest BCUT2D eigenvalue weighted by molar-refractivity contribution is 8.13. The van der Waals surface area contributed by atoms with Crippen LogP contribution in [-0.4, -0.2) is 28.6 Å². The fraction of sp³-hybridized carbons (Fsp3) is 0.222. The van der Waals surface area contributed by atoms with Crippen LogP contribution in [0.1, 0.15) is 25.0 Å². The summed E-state index contributed by atoms with van der Waals surface area (Å²) in [5, 5.41) is 10.1. The second-order valence-electron chi connectivity index (χ2n) is 6.30. The smallest absolute Gasteiger partial charge is 0.261 e. The summed E-state index contributed by atoms with van der Waals surface area (Å²) in [6, 6.07) is 8.55. The SMILES string of the molecule is CC(=O)Nc1ccc(S(=O)(=O)Cl)cc1C.CC(=O)Nc1ccc(S(N)(=O)=O)cc1C. The minimum Gasteiger partial charge on any atom is -0.326 e. The molecule has 0 aliphatic carbocycles. The minimum atomic E-state index is -3.71. The van der Waals surface area contributed by atoms with Gasteiger partial charge in [-0.25, -0.2) is 22.0 Å². The van der Waals surface area contributed by atoms with Crippen molar-refractivity contribution in [3.63, 3.8) is 0 Å². The summed E-state index contributed by atoms with van der Waals surface area (Å²) in [5.41, 5.74) is 2.45. The number of primary sulfonamides is 1. The number of carbonyl (C=O) groups is 2. The molecule has 0 aliphatic rings. The maximum atomic E-state index is 11.0. The molecule has 0 aliphatic heterocycles. The summed E-state index contributed by atoms with van der Waals surface area (Å²) in [6.45, 7) is 6.15. The molecule has 4 N–H and O–H groups in total. The van der Waals surface area contributed by atoms with E-state index in [9.17, 15) is 26.4 Å². The van der Waals surface area contributed by atoms with Gasteiger partial charge in [0.25, 0.3) is 9.05 Å². The van der Waals surface area contributed by atoms with Gasteiger partial charge < -0.3 is 10.6 Å². The lowest BCUT2D eigenvalue weighted by atomic mass is 10.2. The van der Waals surface area contributed by atoms with Crippen LogP contribution in [0, 0.1) is 13.8 Å². The van der Waals surface area contributed by atoms with Crippen LogP contribution in [0.5, 0.6) is 0 Å². The Hall–Kier alpha value is -2.47. The third-order valence-electron chi connectivity index (χ3n) is 3.63. The molecular formula is C18H22ClN3O6S2. The van der Waals surface area contributed by atoms with Gasteiger partial charge in [-0.05, 0) is 61.4 Å². The molecule has 0 saturated heterocycles. The van der Waals surface area contributed by atoms with Gasteiger partial charge in [-0.1, -0.05) is 0 Å². The molecule has 0 aromatic heterocycles. The van der Waals surface area contributed by atoms with E-state index in [1.165, 1.54) is 50.2 Å². The Labute approximate surface area is 180 Å². The Bertz CT molecular complexity index is 1080. The Morgan fingerprint density at radius 1 is 0.800 bits per heavy atom. The molecule has 0 atom stereocenters. The van der Waals surface area contributed by atoms with E-state index in [1.807, 2.05) is 0 Å². The third kappa shape index (κ3) is 8.11. The van der Waals surface area contributed by atoms with E-state index in [-0.39, 0.29) is 21.6 Å². The van der Waals surface area contributed by atoms with E-state index in [4.69, 9.17) is 15.8 Å². The quantitative estimate of drug-likeness (QED) is 0.577. The number of aryl methyl sites for hydroxylation is 2. The lowest BCUT2D eigenvalue weighted by Crippen LogP contribution is -2.13. The second-order valence-corrected chi connectivity index (χ2v) is 10.4. The number of anilines is 2. The van der Waals surface area contributed by atoms with Crippen molar-refractivity contribution >= 4 is 52.9 Å². The molecule has 2 aromatic rings. The van der Waals surface area contributed by atoms with Gasteiger partial charge in [0.05, 0.1) is 9.79 Å². The van der Waals surface area contributed by atoms with Gasteiger partial charge in [-0.2, -0.15) is 0 Å². The van der Waals surface area contributed by atoms with E-state index in [0.717, 1.165) is 0 Å². The number of hydrogen-bond acceptors (Lipinski definition) is 6. The van der Waals surface area contributed by atoms with Crippen LogP contribution in [-0.2, 0) is 28.7 Å². The van der Waals surface area contributed by atoms with Crippen molar-refractivity contribution in [1.29, 1.82) is 0 Å². The highest BCUT2D eigenvalue weighted by Gasteiger charge is 2.12. The Kier molecular flexibility index (Phi) is 8.54. The third-order valence-corrected chi connectivity index (χ3v) is 5.89. The van der Waals surface area contributed by atoms with E-state index in [1.54, 1.807) is 13.8 Å². The first-order chi connectivity index (χ1) is 13.6. The fourth-order valence-corrected chi connectivity index (χ4v) is 3.70. The number of halogens is 1. The normalized spacial score (nSPS) is 11.1. The molecule has 164 valence electrons. The van der Waals surface area contributed by atoms with Crippen LogP contribution in [0.4, 0.5) is 11.4 Å². The summed E-state index contributed by atoms with van der Waals surface area (Å²) < 4.78 is 44.0. The number of hydrogen-bond donors (Lipinski definition) is 3. The minimum absolute atomic E-state index is 0.0239. The van der Waals surface area contributed by atoms with Gasteiger partial charge >= 0.3 is 0 Å². The molecule has 0 radical (unpaired) electrons. The Balaban J connectivity index is 0.000000300. The zero-order valence-corrected chi connectivity index (χ0v) is 19.1. The van der Waals surface area contributed by atoms with Crippen LogP contribution < -0.4 is 15.8 Å². The van der Waals surface area contributed by atoms with Crippen LogP contribution >= 0.6 is 10.7 Å². The lowest BCUT2D eigenvalue weighted by molar-refractivity contribution is -0.115. The van der Waals surface area contributed by atoms with E-state index in [0.29, 0.717) is 22.5 Å². The number of rotatable bonds is 4. The molecule has 0 unspecified atom stereocenters. The highest BCUT2D eigenvalue weighted by atomic mass is 35.7. The Morgan fingerprint density at radius 3 is 1.47 bits per heavy atom. The van der Waals surface area contributed by atoms with Crippen molar-refractivity contribution in [2.75, 3.05) is 10.6 Å². The van der Waals surface area contributed by atoms with Crippen molar-refractivity contribution in [2.24, 2.45) is 5.14 Å². The van der Waals surface area contributed by atoms with Gasteiger partial charge in [0.2, 0.25) is 21.8 Å². The molecule has 0 fully saturated rings. The number of carbonyl (C=O) groups excluding carboxylic acids is 2. The highest BCUT2D eigenvalue weighted by Crippen LogP contribution is 2.22. The fourth-order valence-electron chi connectivity index (χ4n) is 2.26. The van der Waals surface area contributed by atoms with Crippen molar-refractivity contribution in [3.05, 3.63) is 47.5 Å². The molecule has 2 aromatic carbocycles. The summed E-state index contributed by atoms with van der Waals surface area (Å²) >= 11 is 0. The zero-order valence-electron chi connectivity index (χ0n) is 16.7. The van der Waals surface area contributed by atoms with Crippen molar-refractivity contribution < 1.29 is 26.4 Å². The molecular weight excluding hydrogens is 454 g/mol. The van der Waals surface area contributed by atoms with Crippen molar-refractivity contribution in [2.45, 2.75) is 37.5 Å². The van der Waals surface area contributed by atoms with E-state index < -0.39 is 19.1 Å². The first-order valence-electron chi connectivity index (χ1n) is 8.35. The van der Waals surface area contributed by atoms with Crippen LogP contribution in [0.2, 0.25) is 0 Å². The summed E-state index contributed by atoms with van der Waals surface area (Å²) in [7, 11) is -2.22. The standard InChI is InChI=1S/C9H10ClNO3S.C9H12N2O3S/c2*1-6-5-8(15(10,13)14)3-4-9(6)11-7(2)12/h3-5H,1-2H3,(H,11,12);3-5H,1-2H3,(H,11,12)(H2,10,13,14). The molecule has 30 heavy (non-hydrogen) atoms. The number of benzene rings is 2. The summed E-state index contributed by atoms with van der Waals surface area (Å²) in [4.78, 5) is 21.6. The average molecular weight is 476 g/mol. The van der Waals surface area contributed by atoms with Gasteiger partial charge in [-0.3, -0.25) is 9.59 Å². The number of nitrogens with one attached hydrogen (secondary N) is 2. The largest absolute Gasteiger partial charge is 0.326 e. The van der Waals surface area contributed by atoms with Crippen LogP contribution in [0.15, 0.2) is 46.2 Å².